The number of anilines is 1. The number of nitrogens with zero attached hydrogens (tertiary/aromatic N) is 1. The van der Waals surface area contributed by atoms with Crippen molar-refractivity contribution in [3.8, 4) is 0 Å². The number of fused-ring (bicyclic) bond motifs is 1. The highest BCUT2D eigenvalue weighted by molar-refractivity contribution is 5.99. The van der Waals surface area contributed by atoms with Crippen molar-refractivity contribution in [3.05, 3.63) is 23.8 Å². The lowest BCUT2D eigenvalue weighted by Crippen LogP contribution is -2.21. The Kier molecular flexibility index (Phi) is 5.52. The molecule has 0 fully saturated rings. The van der Waals surface area contributed by atoms with Gasteiger partial charge in [0.1, 0.15) is 0 Å². The smallest absolute Gasteiger partial charge is 0.225 e. The van der Waals surface area contributed by atoms with Gasteiger partial charge in [-0.2, -0.15) is 5.10 Å². The molecule has 0 spiro atoms. The third kappa shape index (κ3) is 4.07. The van der Waals surface area contributed by atoms with Gasteiger partial charge in [-0.25, -0.2) is 0 Å². The molecule has 22 heavy (non-hydrogen) atoms. The maximum Gasteiger partial charge on any atom is 0.225 e. The van der Waals surface area contributed by atoms with Crippen LogP contribution < -0.4 is 10.6 Å². The summed E-state index contributed by atoms with van der Waals surface area (Å²) in [7, 11) is 0. The Morgan fingerprint density at radius 2 is 1.86 bits per heavy atom. The average molecular weight is 302 g/mol. The Morgan fingerprint density at radius 1 is 1.14 bits per heavy atom. The monoisotopic (exact) mass is 302 g/mol. The number of nitrogens with one attached hydrogen (secondary N) is 3. The largest absolute Gasteiger partial charge is 0.352 e. The lowest BCUT2D eigenvalue weighted by Gasteiger charge is -2.05. The quantitative estimate of drug-likeness (QED) is 0.735. The van der Waals surface area contributed by atoms with Gasteiger partial charge in [0.15, 0.2) is 5.82 Å². The van der Waals surface area contributed by atoms with Crippen LogP contribution in [0, 0.1) is 0 Å². The number of carbonyl (C=O) groups is 2. The second-order valence-electron chi connectivity index (χ2n) is 5.28. The molecule has 3 N–H and O–H groups in total. The van der Waals surface area contributed by atoms with Gasteiger partial charge in [-0.3, -0.25) is 14.7 Å². The van der Waals surface area contributed by atoms with E-state index in [4.69, 9.17) is 0 Å². The predicted octanol–water partition coefficient (Wildman–Crippen LogP) is 2.72. The number of aromatic nitrogens is 2. The third-order valence-electron chi connectivity index (χ3n) is 3.33. The van der Waals surface area contributed by atoms with Crippen molar-refractivity contribution in [2.75, 3.05) is 5.32 Å². The molecule has 6 heteroatoms. The molecule has 0 atom stereocenters. The van der Waals surface area contributed by atoms with E-state index >= 15 is 0 Å². The van der Waals surface area contributed by atoms with Crippen LogP contribution in [-0.2, 0) is 16.1 Å². The van der Waals surface area contributed by atoms with E-state index in [-0.39, 0.29) is 11.8 Å². The van der Waals surface area contributed by atoms with Crippen molar-refractivity contribution in [2.24, 2.45) is 0 Å². The summed E-state index contributed by atoms with van der Waals surface area (Å²) in [5.41, 5.74) is 1.83. The number of amides is 2. The van der Waals surface area contributed by atoms with Crippen LogP contribution in [0.3, 0.4) is 0 Å². The fourth-order valence-electron chi connectivity index (χ4n) is 2.21. The first-order valence-electron chi connectivity index (χ1n) is 7.67. The zero-order chi connectivity index (χ0) is 15.9. The minimum Gasteiger partial charge on any atom is -0.352 e. The van der Waals surface area contributed by atoms with E-state index in [1.807, 2.05) is 32.0 Å². The summed E-state index contributed by atoms with van der Waals surface area (Å²) in [5.74, 6) is 0.571. The molecule has 0 unspecified atom stereocenters. The molecule has 1 aromatic carbocycles. The summed E-state index contributed by atoms with van der Waals surface area (Å²) in [5, 5.41) is 13.6. The highest BCUT2D eigenvalue weighted by Crippen LogP contribution is 2.21. The van der Waals surface area contributed by atoms with E-state index in [0.29, 0.717) is 25.2 Å². The fraction of sp³-hybridized carbons (Fsp3) is 0.438. The zero-order valence-electron chi connectivity index (χ0n) is 13.0. The van der Waals surface area contributed by atoms with E-state index in [1.165, 1.54) is 0 Å². The van der Waals surface area contributed by atoms with Gasteiger partial charge in [0.05, 0.1) is 5.52 Å². The summed E-state index contributed by atoms with van der Waals surface area (Å²) in [6.45, 7) is 4.43. The summed E-state index contributed by atoms with van der Waals surface area (Å²) in [4.78, 5) is 23.1. The van der Waals surface area contributed by atoms with Crippen LogP contribution in [0.25, 0.3) is 10.9 Å². The normalized spacial score (nSPS) is 10.6. The SMILES string of the molecule is CCCC(=O)NCc1ccc2c(NC(=O)CCC)n[nH]c2c1. The van der Waals surface area contributed by atoms with Crippen molar-refractivity contribution < 1.29 is 9.59 Å². The first-order valence-corrected chi connectivity index (χ1v) is 7.67. The van der Waals surface area contributed by atoms with Gasteiger partial charge in [-0.1, -0.05) is 19.9 Å². The maximum absolute atomic E-state index is 11.6. The minimum atomic E-state index is -0.0354. The van der Waals surface area contributed by atoms with E-state index in [0.717, 1.165) is 29.3 Å². The Morgan fingerprint density at radius 3 is 2.59 bits per heavy atom. The Hall–Kier alpha value is -2.37. The van der Waals surface area contributed by atoms with Crippen molar-refractivity contribution in [1.29, 1.82) is 0 Å². The van der Waals surface area contributed by atoms with Gasteiger partial charge in [0, 0.05) is 24.8 Å². The Bertz CT molecular complexity index is 663. The molecule has 2 aromatic rings. The number of rotatable bonds is 7. The van der Waals surface area contributed by atoms with Crippen molar-refractivity contribution in [1.82, 2.24) is 15.5 Å². The van der Waals surface area contributed by atoms with Gasteiger partial charge < -0.3 is 10.6 Å². The lowest BCUT2D eigenvalue weighted by molar-refractivity contribution is -0.121. The molecule has 0 aliphatic rings. The highest BCUT2D eigenvalue weighted by Gasteiger charge is 2.09. The molecule has 118 valence electrons. The summed E-state index contributed by atoms with van der Waals surface area (Å²) in [6, 6.07) is 5.77. The van der Waals surface area contributed by atoms with Crippen molar-refractivity contribution in [3.63, 3.8) is 0 Å². The van der Waals surface area contributed by atoms with Gasteiger partial charge in [-0.15, -0.1) is 0 Å². The molecule has 6 nitrogen and oxygen atoms in total. The molecule has 0 saturated carbocycles. The van der Waals surface area contributed by atoms with E-state index in [1.54, 1.807) is 0 Å². The van der Waals surface area contributed by atoms with E-state index in [9.17, 15) is 9.59 Å². The van der Waals surface area contributed by atoms with Gasteiger partial charge in [-0.05, 0) is 30.5 Å². The second kappa shape index (κ2) is 7.59. The molecular formula is C16H22N4O2. The van der Waals surface area contributed by atoms with Crippen LogP contribution in [-0.4, -0.2) is 22.0 Å². The minimum absolute atomic E-state index is 0.0354. The maximum atomic E-state index is 11.6. The molecular weight excluding hydrogens is 280 g/mol. The first kappa shape index (κ1) is 16.0. The second-order valence-corrected chi connectivity index (χ2v) is 5.28. The fourth-order valence-corrected chi connectivity index (χ4v) is 2.21. The van der Waals surface area contributed by atoms with Crippen LogP contribution in [0.2, 0.25) is 0 Å². The van der Waals surface area contributed by atoms with Crippen molar-refractivity contribution >= 4 is 28.5 Å². The topological polar surface area (TPSA) is 86.9 Å². The Balaban J connectivity index is 2.06. The first-order chi connectivity index (χ1) is 10.6. The molecule has 0 bridgehead atoms. The summed E-state index contributed by atoms with van der Waals surface area (Å²) in [6.07, 6.45) is 2.66. The molecule has 1 aromatic heterocycles. The van der Waals surface area contributed by atoms with Crippen molar-refractivity contribution in [2.45, 2.75) is 46.1 Å². The molecule has 1 heterocycles. The number of aromatic amines is 1. The summed E-state index contributed by atoms with van der Waals surface area (Å²) < 4.78 is 0. The molecule has 2 amide bonds. The highest BCUT2D eigenvalue weighted by atomic mass is 16.2. The Labute approximate surface area is 129 Å². The van der Waals surface area contributed by atoms with Crippen LogP contribution in [0.1, 0.15) is 45.1 Å². The number of hydrogen-bond donors (Lipinski definition) is 3. The number of benzene rings is 1. The zero-order valence-corrected chi connectivity index (χ0v) is 13.0. The number of carbonyl (C=O) groups excluding carboxylic acids is 2. The molecule has 0 radical (unpaired) electrons. The van der Waals surface area contributed by atoms with Crippen LogP contribution in [0.15, 0.2) is 18.2 Å². The third-order valence-corrected chi connectivity index (χ3v) is 3.33. The number of H-pyrrole nitrogens is 1. The van der Waals surface area contributed by atoms with Crippen LogP contribution in [0.5, 0.6) is 0 Å². The van der Waals surface area contributed by atoms with E-state index < -0.39 is 0 Å². The standard InChI is InChI=1S/C16H22N4O2/c1-3-5-14(21)17-10-11-7-8-12-13(9-11)19-20-16(12)18-15(22)6-4-2/h7-9H,3-6,10H2,1-2H3,(H,17,21)(H2,18,19,20,22). The van der Waals surface area contributed by atoms with E-state index in [2.05, 4.69) is 20.8 Å². The van der Waals surface area contributed by atoms with Gasteiger partial charge >= 0.3 is 0 Å². The van der Waals surface area contributed by atoms with Gasteiger partial charge in [0.25, 0.3) is 0 Å². The molecule has 0 saturated heterocycles. The summed E-state index contributed by atoms with van der Waals surface area (Å²) >= 11 is 0. The van der Waals surface area contributed by atoms with Gasteiger partial charge in [0.2, 0.25) is 11.8 Å². The predicted molar refractivity (Wildman–Crippen MR) is 86.4 cm³/mol. The van der Waals surface area contributed by atoms with Crippen LogP contribution in [0.4, 0.5) is 5.82 Å². The molecule has 2 rings (SSSR count). The molecule has 0 aliphatic carbocycles. The number of hydrogen-bond acceptors (Lipinski definition) is 3. The average Bonchev–Trinajstić information content (AvgIpc) is 2.88. The lowest BCUT2D eigenvalue weighted by atomic mass is 10.1. The molecule has 0 aliphatic heterocycles. The van der Waals surface area contributed by atoms with Crippen LogP contribution >= 0.6 is 0 Å².